The average Bonchev–Trinajstić information content (AvgIpc) is 3.17. The van der Waals surface area contributed by atoms with Crippen LogP contribution in [0.1, 0.15) is 35.8 Å². The molecule has 4 rings (SSSR count). The van der Waals surface area contributed by atoms with Gasteiger partial charge in [-0.15, -0.1) is 0 Å². The lowest BCUT2D eigenvalue weighted by atomic mass is 10.0. The first-order valence-electron chi connectivity index (χ1n) is 7.77. The molecule has 1 aliphatic rings. The SMILES string of the molecule is Cc1nn(C)c(C)c1[C@H]1CCCN1c1nc2ccccc2o1. The lowest BCUT2D eigenvalue weighted by Gasteiger charge is -2.23. The van der Waals surface area contributed by atoms with Crippen molar-refractivity contribution in [2.24, 2.45) is 7.05 Å². The molecule has 0 aliphatic carbocycles. The van der Waals surface area contributed by atoms with Gasteiger partial charge in [0.05, 0.1) is 11.7 Å². The van der Waals surface area contributed by atoms with E-state index in [2.05, 4.69) is 28.8 Å². The van der Waals surface area contributed by atoms with E-state index in [4.69, 9.17) is 4.42 Å². The molecule has 0 spiro atoms. The Morgan fingerprint density at radius 2 is 2.05 bits per heavy atom. The molecule has 1 saturated heterocycles. The monoisotopic (exact) mass is 296 g/mol. The van der Waals surface area contributed by atoms with Crippen molar-refractivity contribution in [3.05, 3.63) is 41.2 Å². The number of rotatable bonds is 2. The van der Waals surface area contributed by atoms with Crippen molar-refractivity contribution in [1.29, 1.82) is 0 Å². The third kappa shape index (κ3) is 1.92. The number of para-hydroxylation sites is 2. The number of hydrogen-bond acceptors (Lipinski definition) is 4. The largest absolute Gasteiger partial charge is 0.423 e. The maximum absolute atomic E-state index is 5.98. The summed E-state index contributed by atoms with van der Waals surface area (Å²) in [5.41, 5.74) is 5.42. The van der Waals surface area contributed by atoms with E-state index in [0.717, 1.165) is 42.2 Å². The van der Waals surface area contributed by atoms with Crippen LogP contribution in [0.2, 0.25) is 0 Å². The van der Waals surface area contributed by atoms with E-state index < -0.39 is 0 Å². The Morgan fingerprint density at radius 3 is 2.77 bits per heavy atom. The number of oxazole rings is 1. The van der Waals surface area contributed by atoms with E-state index in [1.54, 1.807) is 0 Å². The fourth-order valence-electron chi connectivity index (χ4n) is 3.55. The molecule has 1 fully saturated rings. The molecule has 22 heavy (non-hydrogen) atoms. The first kappa shape index (κ1) is 13.4. The second kappa shape index (κ2) is 4.87. The van der Waals surface area contributed by atoms with Gasteiger partial charge in [0.15, 0.2) is 5.58 Å². The fourth-order valence-corrected chi connectivity index (χ4v) is 3.55. The highest BCUT2D eigenvalue weighted by Crippen LogP contribution is 2.39. The molecule has 3 heterocycles. The number of aryl methyl sites for hydroxylation is 2. The van der Waals surface area contributed by atoms with Crippen molar-refractivity contribution in [2.45, 2.75) is 32.7 Å². The quantitative estimate of drug-likeness (QED) is 0.726. The van der Waals surface area contributed by atoms with Crippen molar-refractivity contribution in [3.63, 3.8) is 0 Å². The van der Waals surface area contributed by atoms with Crippen LogP contribution in [0.25, 0.3) is 11.1 Å². The van der Waals surface area contributed by atoms with E-state index >= 15 is 0 Å². The van der Waals surface area contributed by atoms with Gasteiger partial charge in [-0.3, -0.25) is 4.68 Å². The minimum atomic E-state index is 0.307. The maximum atomic E-state index is 5.98. The molecule has 2 aromatic heterocycles. The Kier molecular flexibility index (Phi) is 2.96. The summed E-state index contributed by atoms with van der Waals surface area (Å²) in [5, 5.41) is 4.57. The summed E-state index contributed by atoms with van der Waals surface area (Å²) in [6, 6.07) is 8.97. The van der Waals surface area contributed by atoms with Gasteiger partial charge in [0, 0.05) is 24.8 Å². The molecule has 0 N–H and O–H groups in total. The highest BCUT2D eigenvalue weighted by atomic mass is 16.4. The van der Waals surface area contributed by atoms with Gasteiger partial charge >= 0.3 is 0 Å². The molecule has 1 aromatic carbocycles. The first-order chi connectivity index (χ1) is 10.6. The molecule has 114 valence electrons. The summed E-state index contributed by atoms with van der Waals surface area (Å²) in [4.78, 5) is 6.96. The van der Waals surface area contributed by atoms with Gasteiger partial charge in [-0.25, -0.2) is 0 Å². The zero-order valence-electron chi connectivity index (χ0n) is 13.2. The van der Waals surface area contributed by atoms with Gasteiger partial charge in [0.25, 0.3) is 6.01 Å². The van der Waals surface area contributed by atoms with Crippen LogP contribution in [-0.4, -0.2) is 21.3 Å². The summed E-state index contributed by atoms with van der Waals surface area (Å²) in [6.07, 6.45) is 2.27. The molecule has 0 bridgehead atoms. The minimum Gasteiger partial charge on any atom is -0.423 e. The summed E-state index contributed by atoms with van der Waals surface area (Å²) in [6.45, 7) is 5.20. The van der Waals surface area contributed by atoms with Gasteiger partial charge in [-0.2, -0.15) is 10.1 Å². The van der Waals surface area contributed by atoms with Gasteiger partial charge in [-0.1, -0.05) is 12.1 Å². The van der Waals surface area contributed by atoms with Crippen molar-refractivity contribution >= 4 is 17.1 Å². The molecule has 5 heteroatoms. The van der Waals surface area contributed by atoms with Crippen molar-refractivity contribution < 1.29 is 4.42 Å². The third-order valence-corrected chi connectivity index (χ3v) is 4.68. The van der Waals surface area contributed by atoms with Crippen LogP contribution >= 0.6 is 0 Å². The van der Waals surface area contributed by atoms with E-state index in [0.29, 0.717) is 6.04 Å². The summed E-state index contributed by atoms with van der Waals surface area (Å²) in [7, 11) is 2.00. The predicted octanol–water partition coefficient (Wildman–Crippen LogP) is 3.52. The summed E-state index contributed by atoms with van der Waals surface area (Å²) >= 11 is 0. The number of fused-ring (bicyclic) bond motifs is 1. The Labute approximate surface area is 129 Å². The van der Waals surface area contributed by atoms with Gasteiger partial charge < -0.3 is 9.32 Å². The molecule has 0 unspecified atom stereocenters. The van der Waals surface area contributed by atoms with Gasteiger partial charge in [0.1, 0.15) is 5.52 Å². The second-order valence-electron chi connectivity index (χ2n) is 6.02. The molecular weight excluding hydrogens is 276 g/mol. The zero-order valence-corrected chi connectivity index (χ0v) is 13.2. The zero-order chi connectivity index (χ0) is 15.3. The number of anilines is 1. The van der Waals surface area contributed by atoms with Crippen LogP contribution in [0.3, 0.4) is 0 Å². The van der Waals surface area contributed by atoms with E-state index in [-0.39, 0.29) is 0 Å². The van der Waals surface area contributed by atoms with Crippen LogP contribution in [0.15, 0.2) is 28.7 Å². The van der Waals surface area contributed by atoms with Crippen molar-refractivity contribution in [1.82, 2.24) is 14.8 Å². The van der Waals surface area contributed by atoms with Crippen LogP contribution in [0, 0.1) is 13.8 Å². The highest BCUT2D eigenvalue weighted by molar-refractivity contribution is 5.74. The van der Waals surface area contributed by atoms with Crippen molar-refractivity contribution in [2.75, 3.05) is 11.4 Å². The van der Waals surface area contributed by atoms with Crippen LogP contribution < -0.4 is 4.90 Å². The Bertz CT molecular complexity index is 799. The average molecular weight is 296 g/mol. The Balaban J connectivity index is 1.77. The normalized spacial score (nSPS) is 18.5. The van der Waals surface area contributed by atoms with Gasteiger partial charge in [0.2, 0.25) is 0 Å². The molecule has 0 radical (unpaired) electrons. The van der Waals surface area contributed by atoms with E-state index in [9.17, 15) is 0 Å². The van der Waals surface area contributed by atoms with Crippen LogP contribution in [0.4, 0.5) is 6.01 Å². The molecule has 1 aliphatic heterocycles. The standard InChI is InChI=1S/C17H20N4O/c1-11-16(12(2)20(3)19-11)14-8-6-10-21(14)17-18-13-7-4-5-9-15(13)22-17/h4-5,7,9,14H,6,8,10H2,1-3H3/t14-/m1/s1. The van der Waals surface area contributed by atoms with Crippen molar-refractivity contribution in [3.8, 4) is 0 Å². The first-order valence-corrected chi connectivity index (χ1v) is 7.77. The molecular formula is C17H20N4O. The smallest absolute Gasteiger partial charge is 0.298 e. The lowest BCUT2D eigenvalue weighted by Crippen LogP contribution is -2.23. The Hall–Kier alpha value is -2.30. The number of nitrogens with zero attached hydrogens (tertiary/aromatic N) is 4. The van der Waals surface area contributed by atoms with Crippen LogP contribution in [0.5, 0.6) is 0 Å². The van der Waals surface area contributed by atoms with E-state index in [1.165, 1.54) is 11.3 Å². The minimum absolute atomic E-state index is 0.307. The lowest BCUT2D eigenvalue weighted by molar-refractivity contribution is 0.555. The van der Waals surface area contributed by atoms with Gasteiger partial charge in [-0.05, 0) is 38.8 Å². The second-order valence-corrected chi connectivity index (χ2v) is 6.02. The molecule has 3 aromatic rings. The molecule has 5 nitrogen and oxygen atoms in total. The molecule has 0 saturated carbocycles. The molecule has 1 atom stereocenters. The van der Waals surface area contributed by atoms with Crippen LogP contribution in [-0.2, 0) is 7.05 Å². The third-order valence-electron chi connectivity index (χ3n) is 4.68. The maximum Gasteiger partial charge on any atom is 0.298 e. The van der Waals surface area contributed by atoms with E-state index in [1.807, 2.05) is 36.0 Å². The fraction of sp³-hybridized carbons (Fsp3) is 0.412. The highest BCUT2D eigenvalue weighted by Gasteiger charge is 2.33. The number of hydrogen-bond donors (Lipinski definition) is 0. The topological polar surface area (TPSA) is 47.1 Å². The number of benzene rings is 1. The Morgan fingerprint density at radius 1 is 1.23 bits per heavy atom. The summed E-state index contributed by atoms with van der Waals surface area (Å²) in [5.74, 6) is 0. The summed E-state index contributed by atoms with van der Waals surface area (Å²) < 4.78 is 7.94. The predicted molar refractivity (Wildman–Crippen MR) is 86.0 cm³/mol. The number of aromatic nitrogens is 3. The molecule has 0 amide bonds.